The second kappa shape index (κ2) is 5.13. The van der Waals surface area contributed by atoms with Gasteiger partial charge in [0, 0.05) is 6.92 Å². The molecular weight excluding hydrogens is 280 g/mol. The Morgan fingerprint density at radius 1 is 1.27 bits per heavy atom. The molecule has 114 valence electrons. The quantitative estimate of drug-likeness (QED) is 0.804. The molecule has 2 bridgehead atoms. The number of rotatable bonds is 3. The van der Waals surface area contributed by atoms with Crippen molar-refractivity contribution in [2.24, 2.45) is 16.7 Å². The van der Waals surface area contributed by atoms with Gasteiger partial charge in [0.2, 0.25) is 17.1 Å². The zero-order valence-electron chi connectivity index (χ0n) is 12.9. The number of hydrogen-bond donors (Lipinski definition) is 1. The molecule has 4 unspecified atom stereocenters. The van der Waals surface area contributed by atoms with Crippen LogP contribution in [0.5, 0.6) is 0 Å². The van der Waals surface area contributed by atoms with Crippen LogP contribution in [0.3, 0.4) is 0 Å². The Morgan fingerprint density at radius 3 is 2.36 bits per heavy atom. The number of ether oxygens (including phenoxy) is 2. The summed E-state index contributed by atoms with van der Waals surface area (Å²) in [7, 11) is 0. The molecule has 0 aromatic carbocycles. The molecular formula is C16H18N4O2. The zero-order chi connectivity index (χ0) is 16.6. The fourth-order valence-electron chi connectivity index (χ4n) is 3.70. The van der Waals surface area contributed by atoms with Crippen molar-refractivity contribution >= 4 is 5.90 Å². The molecule has 1 N–H and O–H groups in total. The van der Waals surface area contributed by atoms with E-state index in [0.717, 1.165) is 6.42 Å². The topological polar surface area (TPSA) is 114 Å². The molecule has 2 saturated heterocycles. The van der Waals surface area contributed by atoms with Gasteiger partial charge < -0.3 is 9.47 Å². The maximum atomic E-state index is 9.88. The molecule has 0 aliphatic carbocycles. The largest absolute Gasteiger partial charge is 0.448 e. The first kappa shape index (κ1) is 16.0. The monoisotopic (exact) mass is 298 g/mol. The van der Waals surface area contributed by atoms with Gasteiger partial charge in [-0.2, -0.15) is 15.8 Å². The van der Waals surface area contributed by atoms with Crippen LogP contribution in [-0.4, -0.2) is 17.8 Å². The van der Waals surface area contributed by atoms with Crippen molar-refractivity contribution in [2.75, 3.05) is 0 Å². The van der Waals surface area contributed by atoms with Crippen molar-refractivity contribution in [3.8, 4) is 18.2 Å². The number of hydrogen-bond acceptors (Lipinski definition) is 6. The van der Waals surface area contributed by atoms with E-state index in [1.54, 1.807) is 26.0 Å². The maximum Gasteiger partial charge on any atom is 0.214 e. The Hall–Kier alpha value is -2.36. The summed E-state index contributed by atoms with van der Waals surface area (Å²) < 4.78 is 11.5. The molecule has 0 amide bonds. The molecule has 0 saturated carbocycles. The van der Waals surface area contributed by atoms with Gasteiger partial charge in [-0.1, -0.05) is 25.5 Å². The van der Waals surface area contributed by atoms with Gasteiger partial charge in [0.05, 0.1) is 24.1 Å². The Kier molecular flexibility index (Phi) is 3.73. The summed E-state index contributed by atoms with van der Waals surface area (Å²) >= 11 is 0. The van der Waals surface area contributed by atoms with Crippen molar-refractivity contribution in [1.82, 2.24) is 0 Å². The highest BCUT2D eigenvalue weighted by Crippen LogP contribution is 2.63. The first-order chi connectivity index (χ1) is 10.4. The Balaban J connectivity index is 2.80. The molecule has 0 aromatic heterocycles. The standard InChI is InChI=1S/C16H18N4O2/c1-4-6-11-14(3)21-12(7-5-2)15(8-17,9-18)16(11,10-19)13(20)22-14/h5,7,11-12,20H,4,6H2,1-3H3. The molecule has 6 nitrogen and oxygen atoms in total. The van der Waals surface area contributed by atoms with Crippen molar-refractivity contribution in [1.29, 1.82) is 21.2 Å². The van der Waals surface area contributed by atoms with Gasteiger partial charge in [-0.3, -0.25) is 5.41 Å². The molecule has 2 rings (SSSR count). The van der Waals surface area contributed by atoms with Crippen LogP contribution in [0.2, 0.25) is 0 Å². The number of nitrogens with zero attached hydrogens (tertiary/aromatic N) is 3. The third-order valence-corrected chi connectivity index (χ3v) is 4.70. The van der Waals surface area contributed by atoms with E-state index in [1.807, 2.05) is 19.1 Å². The fraction of sp³-hybridized carbons (Fsp3) is 0.625. The van der Waals surface area contributed by atoms with Crippen LogP contribution in [0.25, 0.3) is 0 Å². The molecule has 0 spiro atoms. The maximum absolute atomic E-state index is 9.88. The molecule has 2 heterocycles. The molecule has 22 heavy (non-hydrogen) atoms. The molecule has 2 aliphatic heterocycles. The number of fused-ring (bicyclic) bond motifs is 2. The highest BCUT2D eigenvalue weighted by atomic mass is 16.7. The molecule has 4 atom stereocenters. The highest BCUT2D eigenvalue weighted by molar-refractivity contribution is 5.89. The summed E-state index contributed by atoms with van der Waals surface area (Å²) in [4.78, 5) is 0. The molecule has 0 aromatic rings. The number of nitriles is 3. The lowest BCUT2D eigenvalue weighted by Crippen LogP contribution is -2.61. The number of nitrogens with one attached hydrogen (secondary N) is 1. The van der Waals surface area contributed by atoms with Crippen molar-refractivity contribution < 1.29 is 9.47 Å². The SMILES string of the molecule is CC=CC1OC2(C)OC(=N)C(C#N)(C2CCC)C1(C#N)C#N. The van der Waals surface area contributed by atoms with Crippen LogP contribution in [0.15, 0.2) is 12.2 Å². The first-order valence-electron chi connectivity index (χ1n) is 7.24. The lowest BCUT2D eigenvalue weighted by molar-refractivity contribution is -0.258. The van der Waals surface area contributed by atoms with Crippen molar-refractivity contribution in [3.63, 3.8) is 0 Å². The third kappa shape index (κ3) is 1.58. The zero-order valence-corrected chi connectivity index (χ0v) is 12.9. The average molecular weight is 298 g/mol. The van der Waals surface area contributed by atoms with E-state index in [9.17, 15) is 15.8 Å². The second-order valence-corrected chi connectivity index (χ2v) is 5.80. The predicted molar refractivity (Wildman–Crippen MR) is 77.0 cm³/mol. The van der Waals surface area contributed by atoms with Crippen LogP contribution in [-0.2, 0) is 9.47 Å². The summed E-state index contributed by atoms with van der Waals surface area (Å²) in [5.74, 6) is -2.06. The Labute approximate surface area is 130 Å². The van der Waals surface area contributed by atoms with Gasteiger partial charge >= 0.3 is 0 Å². The smallest absolute Gasteiger partial charge is 0.214 e. The minimum absolute atomic E-state index is 0.342. The van der Waals surface area contributed by atoms with E-state index in [1.165, 1.54) is 0 Å². The van der Waals surface area contributed by atoms with E-state index in [-0.39, 0.29) is 5.90 Å². The summed E-state index contributed by atoms with van der Waals surface area (Å²) in [6, 6.07) is 6.04. The summed E-state index contributed by atoms with van der Waals surface area (Å²) in [6.45, 7) is 5.36. The number of allylic oxidation sites excluding steroid dienone is 1. The van der Waals surface area contributed by atoms with E-state index >= 15 is 0 Å². The first-order valence-corrected chi connectivity index (χ1v) is 7.24. The Bertz CT molecular complexity index is 637. The summed E-state index contributed by atoms with van der Waals surface area (Å²) in [5, 5.41) is 37.6. The van der Waals surface area contributed by atoms with Gasteiger partial charge in [0.15, 0.2) is 5.41 Å². The normalized spacial score (nSPS) is 38.8. The van der Waals surface area contributed by atoms with Crippen LogP contribution in [0.1, 0.15) is 33.6 Å². The Morgan fingerprint density at radius 2 is 1.91 bits per heavy atom. The van der Waals surface area contributed by atoms with E-state index < -0.39 is 28.6 Å². The van der Waals surface area contributed by atoms with Crippen molar-refractivity contribution in [3.05, 3.63) is 12.2 Å². The van der Waals surface area contributed by atoms with Gasteiger partial charge in [-0.25, -0.2) is 0 Å². The van der Waals surface area contributed by atoms with E-state index in [2.05, 4.69) is 6.07 Å². The van der Waals surface area contributed by atoms with Gasteiger partial charge in [0.1, 0.15) is 6.10 Å². The predicted octanol–water partition coefficient (Wildman–Crippen LogP) is 2.64. The molecule has 2 aliphatic rings. The fourth-order valence-corrected chi connectivity index (χ4v) is 3.70. The van der Waals surface area contributed by atoms with Gasteiger partial charge in [0.25, 0.3) is 0 Å². The second-order valence-electron chi connectivity index (χ2n) is 5.80. The lowest BCUT2D eigenvalue weighted by Gasteiger charge is -2.47. The summed E-state index contributed by atoms with van der Waals surface area (Å²) in [6.07, 6.45) is 3.59. The molecule has 0 radical (unpaired) electrons. The molecule has 2 fully saturated rings. The average Bonchev–Trinajstić information content (AvgIpc) is 2.66. The van der Waals surface area contributed by atoms with Crippen LogP contribution < -0.4 is 0 Å². The minimum Gasteiger partial charge on any atom is -0.448 e. The summed E-state index contributed by atoms with van der Waals surface area (Å²) in [5.41, 5.74) is -3.43. The van der Waals surface area contributed by atoms with Crippen molar-refractivity contribution in [2.45, 2.75) is 45.5 Å². The lowest BCUT2D eigenvalue weighted by atomic mass is 9.53. The third-order valence-electron chi connectivity index (χ3n) is 4.70. The van der Waals surface area contributed by atoms with Crippen LogP contribution in [0, 0.1) is 56.2 Å². The highest BCUT2D eigenvalue weighted by Gasteiger charge is 2.78. The minimum atomic E-state index is -1.80. The van der Waals surface area contributed by atoms with Crippen LogP contribution in [0.4, 0.5) is 0 Å². The molecule has 6 heteroatoms. The van der Waals surface area contributed by atoms with E-state index in [0.29, 0.717) is 6.42 Å². The van der Waals surface area contributed by atoms with Gasteiger partial charge in [-0.05, 0) is 13.3 Å². The van der Waals surface area contributed by atoms with E-state index in [4.69, 9.17) is 14.9 Å². The van der Waals surface area contributed by atoms with Crippen LogP contribution >= 0.6 is 0 Å². The van der Waals surface area contributed by atoms with Gasteiger partial charge in [-0.15, -0.1) is 0 Å².